The predicted molar refractivity (Wildman–Crippen MR) is 112 cm³/mol. The summed E-state index contributed by atoms with van der Waals surface area (Å²) in [5, 5.41) is 0. The molecular formula is C23H26N4O3. The molecule has 6 heterocycles. The molecule has 4 bridgehead atoms. The first-order valence-electron chi connectivity index (χ1n) is 11.0. The van der Waals surface area contributed by atoms with Crippen LogP contribution >= 0.6 is 0 Å². The second-order valence-corrected chi connectivity index (χ2v) is 9.49. The number of amides is 2. The highest BCUT2D eigenvalue weighted by Gasteiger charge is 2.41. The predicted octanol–water partition coefficient (Wildman–Crippen LogP) is 1.67. The summed E-state index contributed by atoms with van der Waals surface area (Å²) in [6, 6.07) is 11.1. The maximum Gasteiger partial charge on any atom is 0.320 e. The molecule has 0 radical (unpaired) electrons. The lowest BCUT2D eigenvalue weighted by atomic mass is 9.82. The highest BCUT2D eigenvalue weighted by atomic mass is 16.2. The third kappa shape index (κ3) is 2.75. The van der Waals surface area contributed by atoms with Gasteiger partial charge in [0.1, 0.15) is 0 Å². The van der Waals surface area contributed by atoms with Crippen LogP contribution in [0.2, 0.25) is 0 Å². The average Bonchev–Trinajstić information content (AvgIpc) is 2.74. The number of likely N-dealkylation sites (tertiary alicyclic amines) is 2. The highest BCUT2D eigenvalue weighted by Crippen LogP contribution is 2.38. The summed E-state index contributed by atoms with van der Waals surface area (Å²) in [6.07, 6.45) is 2.10. The molecule has 7 heteroatoms. The van der Waals surface area contributed by atoms with E-state index in [2.05, 4.69) is 0 Å². The Morgan fingerprint density at radius 3 is 1.60 bits per heavy atom. The Morgan fingerprint density at radius 1 is 0.667 bits per heavy atom. The summed E-state index contributed by atoms with van der Waals surface area (Å²) in [6.45, 7) is 4.21. The van der Waals surface area contributed by atoms with Gasteiger partial charge in [0, 0.05) is 74.6 Å². The van der Waals surface area contributed by atoms with Crippen molar-refractivity contribution in [3.8, 4) is 0 Å². The van der Waals surface area contributed by atoms with Gasteiger partial charge in [-0.1, -0.05) is 12.1 Å². The van der Waals surface area contributed by atoms with Crippen molar-refractivity contribution in [2.75, 3.05) is 26.2 Å². The number of hydrogen-bond acceptors (Lipinski definition) is 3. The Hall–Kier alpha value is -2.83. The Kier molecular flexibility index (Phi) is 3.95. The summed E-state index contributed by atoms with van der Waals surface area (Å²) in [5.74, 6) is 1.14. The molecule has 0 aliphatic carbocycles. The molecule has 0 unspecified atom stereocenters. The molecule has 6 rings (SSSR count). The minimum Gasteiger partial charge on any atom is -0.324 e. The minimum absolute atomic E-state index is 0.0692. The number of pyridine rings is 2. The van der Waals surface area contributed by atoms with Crippen molar-refractivity contribution in [1.82, 2.24) is 18.9 Å². The molecule has 2 saturated heterocycles. The van der Waals surface area contributed by atoms with Crippen LogP contribution < -0.4 is 11.1 Å². The molecule has 2 aromatic heterocycles. The third-order valence-corrected chi connectivity index (χ3v) is 7.50. The maximum absolute atomic E-state index is 13.5. The van der Waals surface area contributed by atoms with E-state index in [1.807, 2.05) is 43.2 Å². The number of carbonyl (C=O) groups is 1. The SMILES string of the molecule is O=C(N1C[C@@H]2C[C@H](C1)c1cccc(=O)n1C2)N1C[C@@H]2C[C@@H](C1)c1cccc(=O)n1C2. The van der Waals surface area contributed by atoms with Crippen molar-refractivity contribution in [2.24, 2.45) is 11.8 Å². The zero-order valence-electron chi connectivity index (χ0n) is 16.9. The van der Waals surface area contributed by atoms with Gasteiger partial charge < -0.3 is 18.9 Å². The molecule has 2 amide bonds. The Morgan fingerprint density at radius 2 is 1.13 bits per heavy atom. The molecule has 0 saturated carbocycles. The molecular weight excluding hydrogens is 380 g/mol. The van der Waals surface area contributed by atoms with Crippen LogP contribution in [-0.4, -0.2) is 51.1 Å². The second kappa shape index (κ2) is 6.59. The summed E-state index contributed by atoms with van der Waals surface area (Å²) in [7, 11) is 0. The Balaban J connectivity index is 1.24. The number of piperidine rings is 2. The van der Waals surface area contributed by atoms with Crippen LogP contribution in [0.25, 0.3) is 0 Å². The van der Waals surface area contributed by atoms with Crippen LogP contribution in [0.4, 0.5) is 4.79 Å². The van der Waals surface area contributed by atoms with E-state index in [0.717, 1.165) is 37.3 Å². The zero-order chi connectivity index (χ0) is 20.4. The molecule has 0 spiro atoms. The van der Waals surface area contributed by atoms with Crippen LogP contribution in [0, 0.1) is 11.8 Å². The molecule has 156 valence electrons. The van der Waals surface area contributed by atoms with Crippen molar-refractivity contribution in [2.45, 2.75) is 37.8 Å². The van der Waals surface area contributed by atoms with Gasteiger partial charge in [0.2, 0.25) is 0 Å². The normalized spacial score (nSPS) is 29.2. The van der Waals surface area contributed by atoms with Crippen LogP contribution in [0.5, 0.6) is 0 Å². The van der Waals surface area contributed by atoms with Gasteiger partial charge >= 0.3 is 6.03 Å². The number of urea groups is 1. The summed E-state index contributed by atoms with van der Waals surface area (Å²) >= 11 is 0. The molecule has 0 aromatic carbocycles. The van der Waals surface area contributed by atoms with Gasteiger partial charge in [-0.2, -0.15) is 0 Å². The lowest BCUT2D eigenvalue weighted by Gasteiger charge is -2.47. The molecule has 2 fully saturated rings. The van der Waals surface area contributed by atoms with Gasteiger partial charge in [0.05, 0.1) is 0 Å². The van der Waals surface area contributed by atoms with E-state index in [1.54, 1.807) is 12.1 Å². The van der Waals surface area contributed by atoms with Gasteiger partial charge in [-0.05, 0) is 36.8 Å². The topological polar surface area (TPSA) is 67.6 Å². The van der Waals surface area contributed by atoms with Gasteiger partial charge in [-0.3, -0.25) is 9.59 Å². The Bertz CT molecular complexity index is 1050. The first kappa shape index (κ1) is 18.0. The van der Waals surface area contributed by atoms with E-state index in [-0.39, 0.29) is 29.0 Å². The van der Waals surface area contributed by atoms with Crippen molar-refractivity contribution >= 4 is 6.03 Å². The fourth-order valence-corrected chi connectivity index (χ4v) is 6.31. The molecule has 4 aliphatic rings. The molecule has 0 N–H and O–H groups in total. The van der Waals surface area contributed by atoms with Gasteiger partial charge in [-0.25, -0.2) is 4.79 Å². The van der Waals surface area contributed by atoms with E-state index in [1.165, 1.54) is 0 Å². The molecule has 4 aliphatic heterocycles. The fourth-order valence-electron chi connectivity index (χ4n) is 6.31. The summed E-state index contributed by atoms with van der Waals surface area (Å²) < 4.78 is 3.81. The van der Waals surface area contributed by atoms with E-state index in [4.69, 9.17) is 0 Å². The quantitative estimate of drug-likeness (QED) is 0.668. The van der Waals surface area contributed by atoms with E-state index in [0.29, 0.717) is 38.0 Å². The van der Waals surface area contributed by atoms with E-state index < -0.39 is 0 Å². The number of hydrogen-bond donors (Lipinski definition) is 0. The van der Waals surface area contributed by atoms with Crippen LogP contribution in [0.15, 0.2) is 46.0 Å². The number of rotatable bonds is 0. The van der Waals surface area contributed by atoms with E-state index in [9.17, 15) is 14.4 Å². The van der Waals surface area contributed by atoms with Gasteiger partial charge in [0.15, 0.2) is 0 Å². The fraction of sp³-hybridized carbons (Fsp3) is 0.522. The monoisotopic (exact) mass is 406 g/mol. The highest BCUT2D eigenvalue weighted by molar-refractivity contribution is 5.75. The average molecular weight is 406 g/mol. The van der Waals surface area contributed by atoms with Gasteiger partial charge in [0.25, 0.3) is 11.1 Å². The number of aromatic nitrogens is 2. The summed E-state index contributed by atoms with van der Waals surface area (Å²) in [4.78, 5) is 42.0. The number of nitrogens with zero attached hydrogens (tertiary/aromatic N) is 4. The van der Waals surface area contributed by atoms with Crippen molar-refractivity contribution in [3.63, 3.8) is 0 Å². The van der Waals surface area contributed by atoms with E-state index >= 15 is 0 Å². The second-order valence-electron chi connectivity index (χ2n) is 9.49. The van der Waals surface area contributed by atoms with Crippen LogP contribution in [-0.2, 0) is 13.1 Å². The number of fused-ring (bicyclic) bond motifs is 8. The maximum atomic E-state index is 13.5. The molecule has 2 aromatic rings. The van der Waals surface area contributed by atoms with Crippen LogP contribution in [0.1, 0.15) is 36.1 Å². The smallest absolute Gasteiger partial charge is 0.320 e. The largest absolute Gasteiger partial charge is 0.324 e. The minimum atomic E-state index is 0.0692. The lowest BCUT2D eigenvalue weighted by Crippen LogP contribution is -2.56. The van der Waals surface area contributed by atoms with Crippen LogP contribution in [0.3, 0.4) is 0 Å². The summed E-state index contributed by atoms with van der Waals surface area (Å²) in [5.41, 5.74) is 2.28. The van der Waals surface area contributed by atoms with Crippen molar-refractivity contribution in [3.05, 3.63) is 68.5 Å². The molecule has 30 heavy (non-hydrogen) atoms. The number of carbonyl (C=O) groups excluding carboxylic acids is 1. The standard InChI is InChI=1S/C23H26N4O3/c28-21-5-1-3-19-17-7-15(11-26(19)21)9-24(13-17)23(30)25-10-16-8-18(14-25)20-4-2-6-22(29)27(20)12-16/h1-6,15-18H,7-14H2/t15-,16-,17-,18+/m0/s1. The van der Waals surface area contributed by atoms with Crippen molar-refractivity contribution < 1.29 is 4.79 Å². The van der Waals surface area contributed by atoms with Gasteiger partial charge in [-0.15, -0.1) is 0 Å². The third-order valence-electron chi connectivity index (χ3n) is 7.50. The first-order valence-corrected chi connectivity index (χ1v) is 11.0. The molecule has 7 nitrogen and oxygen atoms in total. The molecule has 4 atom stereocenters. The zero-order valence-corrected chi connectivity index (χ0v) is 16.9. The van der Waals surface area contributed by atoms with Crippen molar-refractivity contribution in [1.29, 1.82) is 0 Å². The first-order chi connectivity index (χ1) is 14.6. The lowest BCUT2D eigenvalue weighted by molar-refractivity contribution is 0.0778. The Labute approximate surface area is 174 Å².